The van der Waals surface area contributed by atoms with E-state index in [0.29, 0.717) is 17.1 Å². The molecule has 1 unspecified atom stereocenters. The Morgan fingerprint density at radius 3 is 2.29 bits per heavy atom. The van der Waals surface area contributed by atoms with E-state index in [1.807, 2.05) is 54.7 Å². The molecule has 0 aromatic heterocycles. The Morgan fingerprint density at radius 1 is 1.04 bits per heavy atom. The first-order chi connectivity index (χ1) is 13.3. The van der Waals surface area contributed by atoms with Crippen molar-refractivity contribution in [3.8, 4) is 23.0 Å². The van der Waals surface area contributed by atoms with Crippen LogP contribution in [0.4, 0.5) is 0 Å². The van der Waals surface area contributed by atoms with Crippen molar-refractivity contribution in [1.29, 1.82) is 0 Å². The third kappa shape index (κ3) is 4.13. The monoisotopic (exact) mass is 391 g/mol. The van der Waals surface area contributed by atoms with Crippen LogP contribution >= 0.6 is 0 Å². The summed E-state index contributed by atoms with van der Waals surface area (Å²) in [7, 11) is 1.60. The smallest absolute Gasteiger partial charge is 0.259 e. The molecule has 2 aromatic carbocycles. The van der Waals surface area contributed by atoms with E-state index < -0.39 is 8.07 Å². The average molecular weight is 392 g/mol. The van der Waals surface area contributed by atoms with Gasteiger partial charge in [-0.25, -0.2) is 0 Å². The molecule has 0 radical (unpaired) electrons. The number of ether oxygens (including phenoxy) is 2. The molecule has 1 aliphatic heterocycles. The van der Waals surface area contributed by atoms with Crippen molar-refractivity contribution < 1.29 is 14.3 Å². The fourth-order valence-corrected chi connectivity index (χ4v) is 3.60. The Balaban J connectivity index is 2.12. The molecule has 144 valence electrons. The second kappa shape index (κ2) is 7.95. The number of nitrogens with zero attached hydrogens (tertiary/aromatic N) is 1. The van der Waals surface area contributed by atoms with Crippen LogP contribution in [0.5, 0.6) is 11.5 Å². The van der Waals surface area contributed by atoms with Crippen LogP contribution in [0.2, 0.25) is 19.6 Å². The predicted octanol–water partition coefficient (Wildman–Crippen LogP) is 4.75. The van der Waals surface area contributed by atoms with E-state index in [4.69, 9.17) is 9.47 Å². The van der Waals surface area contributed by atoms with Gasteiger partial charge in [-0.2, -0.15) is 0 Å². The van der Waals surface area contributed by atoms with Crippen molar-refractivity contribution in [2.24, 2.45) is 0 Å². The molecule has 0 saturated carbocycles. The maximum atomic E-state index is 13.2. The number of hydrogen-bond donors (Lipinski definition) is 0. The molecule has 28 heavy (non-hydrogen) atoms. The normalized spacial score (nSPS) is 15.3. The molecule has 1 amide bonds. The molecule has 0 bridgehead atoms. The van der Waals surface area contributed by atoms with Crippen molar-refractivity contribution in [1.82, 2.24) is 4.90 Å². The van der Waals surface area contributed by atoms with E-state index in [9.17, 15) is 4.79 Å². The van der Waals surface area contributed by atoms with Crippen LogP contribution in [0.15, 0.2) is 48.7 Å². The van der Waals surface area contributed by atoms with Gasteiger partial charge in [0.2, 0.25) is 0 Å². The Bertz CT molecular complexity index is 965. The van der Waals surface area contributed by atoms with Gasteiger partial charge in [0.05, 0.1) is 14.2 Å². The van der Waals surface area contributed by atoms with E-state index >= 15 is 0 Å². The molecule has 0 fully saturated rings. The van der Waals surface area contributed by atoms with Crippen molar-refractivity contribution in [3.05, 3.63) is 65.4 Å². The molecule has 0 N–H and O–H groups in total. The average Bonchev–Trinajstić information content (AvgIpc) is 2.70. The summed E-state index contributed by atoms with van der Waals surface area (Å²) in [6.07, 6.45) is 3.73. The molecule has 0 spiro atoms. The van der Waals surface area contributed by atoms with Gasteiger partial charge in [-0.15, -0.1) is 5.54 Å². The number of benzene rings is 2. The zero-order chi connectivity index (χ0) is 20.3. The Hall–Kier alpha value is -2.97. The van der Waals surface area contributed by atoms with Crippen LogP contribution in [0.25, 0.3) is 6.08 Å². The SMILES string of the molecule is COc1cc2c(cc1OC)C(C#C[Si](C)(C)C)N(C(=O)c1ccccc1)C=C2. The highest BCUT2D eigenvalue weighted by Crippen LogP contribution is 2.38. The van der Waals surface area contributed by atoms with Gasteiger partial charge in [0, 0.05) is 11.8 Å². The Kier molecular flexibility index (Phi) is 5.62. The molecule has 0 aliphatic carbocycles. The van der Waals surface area contributed by atoms with Crippen molar-refractivity contribution in [2.45, 2.75) is 25.7 Å². The van der Waals surface area contributed by atoms with Gasteiger partial charge in [0.1, 0.15) is 14.1 Å². The molecule has 2 aromatic rings. The highest BCUT2D eigenvalue weighted by Gasteiger charge is 2.29. The zero-order valence-corrected chi connectivity index (χ0v) is 17.9. The molecule has 5 heteroatoms. The topological polar surface area (TPSA) is 38.8 Å². The minimum absolute atomic E-state index is 0.0767. The van der Waals surface area contributed by atoms with Gasteiger partial charge >= 0.3 is 0 Å². The van der Waals surface area contributed by atoms with Gasteiger partial charge < -0.3 is 9.47 Å². The predicted molar refractivity (Wildman–Crippen MR) is 115 cm³/mol. The molecule has 1 atom stereocenters. The maximum absolute atomic E-state index is 13.2. The summed E-state index contributed by atoms with van der Waals surface area (Å²) < 4.78 is 10.9. The molecular formula is C23H25NO3Si. The molecule has 3 rings (SSSR count). The first-order valence-electron chi connectivity index (χ1n) is 9.18. The second-order valence-electron chi connectivity index (χ2n) is 7.65. The first-order valence-corrected chi connectivity index (χ1v) is 12.7. The summed E-state index contributed by atoms with van der Waals surface area (Å²) in [6, 6.07) is 12.8. The number of fused-ring (bicyclic) bond motifs is 1. The second-order valence-corrected chi connectivity index (χ2v) is 12.4. The fraction of sp³-hybridized carbons (Fsp3) is 0.261. The lowest BCUT2D eigenvalue weighted by Crippen LogP contribution is -2.32. The maximum Gasteiger partial charge on any atom is 0.259 e. The minimum atomic E-state index is -1.62. The fourth-order valence-electron chi connectivity index (χ4n) is 3.03. The lowest BCUT2D eigenvalue weighted by Gasteiger charge is -2.31. The third-order valence-corrected chi connectivity index (χ3v) is 5.31. The van der Waals surface area contributed by atoms with Crippen molar-refractivity contribution >= 4 is 20.1 Å². The van der Waals surface area contributed by atoms with Crippen LogP contribution in [0, 0.1) is 11.5 Å². The summed E-state index contributed by atoms with van der Waals surface area (Å²) in [6.45, 7) is 6.58. The highest BCUT2D eigenvalue weighted by atomic mass is 28.3. The summed E-state index contributed by atoms with van der Waals surface area (Å²) in [4.78, 5) is 14.9. The van der Waals surface area contributed by atoms with Gasteiger partial charge in [-0.05, 0) is 41.5 Å². The van der Waals surface area contributed by atoms with Crippen LogP contribution < -0.4 is 9.47 Å². The highest BCUT2D eigenvalue weighted by molar-refractivity contribution is 6.83. The Labute approximate surface area is 167 Å². The summed E-state index contributed by atoms with van der Waals surface area (Å²) in [5, 5.41) is 0. The number of rotatable bonds is 3. The standard InChI is InChI=1S/C23H25NO3Si/c1-26-21-15-18-11-13-24(23(25)17-9-7-6-8-10-17)20(12-14-28(3,4)5)19(18)16-22(21)27-2/h6-11,13,15-16,20H,1-5H3. The number of hydrogen-bond acceptors (Lipinski definition) is 3. The van der Waals surface area contributed by atoms with E-state index in [1.54, 1.807) is 19.1 Å². The molecular weight excluding hydrogens is 366 g/mol. The number of amides is 1. The minimum Gasteiger partial charge on any atom is -0.493 e. The quantitative estimate of drug-likeness (QED) is 0.560. The van der Waals surface area contributed by atoms with Crippen LogP contribution in [0.1, 0.15) is 27.5 Å². The lowest BCUT2D eigenvalue weighted by molar-refractivity contribution is 0.0795. The van der Waals surface area contributed by atoms with E-state index in [0.717, 1.165) is 11.1 Å². The largest absolute Gasteiger partial charge is 0.493 e. The van der Waals surface area contributed by atoms with Crippen molar-refractivity contribution in [2.75, 3.05) is 14.2 Å². The van der Waals surface area contributed by atoms with Gasteiger partial charge in [-0.1, -0.05) is 43.8 Å². The lowest BCUT2D eigenvalue weighted by atomic mass is 9.95. The zero-order valence-electron chi connectivity index (χ0n) is 16.9. The van der Waals surface area contributed by atoms with E-state index in [2.05, 4.69) is 31.1 Å². The summed E-state index contributed by atoms with van der Waals surface area (Å²) in [5.74, 6) is 4.59. The number of methoxy groups -OCH3 is 2. The first kappa shape index (κ1) is 19.8. The van der Waals surface area contributed by atoms with Gasteiger partial charge in [0.15, 0.2) is 11.5 Å². The van der Waals surface area contributed by atoms with Crippen molar-refractivity contribution in [3.63, 3.8) is 0 Å². The van der Waals surface area contributed by atoms with Gasteiger partial charge in [-0.3, -0.25) is 9.69 Å². The third-order valence-electron chi connectivity index (χ3n) is 4.42. The molecule has 1 aliphatic rings. The Morgan fingerprint density at radius 2 is 1.68 bits per heavy atom. The van der Waals surface area contributed by atoms with E-state index in [1.165, 1.54) is 0 Å². The van der Waals surface area contributed by atoms with Crippen LogP contribution in [0.3, 0.4) is 0 Å². The van der Waals surface area contributed by atoms with Crippen LogP contribution in [-0.2, 0) is 0 Å². The molecule has 0 saturated heterocycles. The number of carbonyl (C=O) groups is 1. The molecule has 1 heterocycles. The summed E-state index contributed by atoms with van der Waals surface area (Å²) in [5.41, 5.74) is 5.98. The van der Waals surface area contributed by atoms with E-state index in [-0.39, 0.29) is 11.9 Å². The summed E-state index contributed by atoms with van der Waals surface area (Å²) >= 11 is 0. The van der Waals surface area contributed by atoms with Crippen LogP contribution in [-0.4, -0.2) is 33.1 Å². The van der Waals surface area contributed by atoms with Gasteiger partial charge in [0.25, 0.3) is 5.91 Å². The molecule has 4 nitrogen and oxygen atoms in total. The number of carbonyl (C=O) groups excluding carboxylic acids is 1.